The average molecular weight is 245 g/mol. The number of epoxide rings is 1. The minimum atomic E-state index is 0.446. The van der Waals surface area contributed by atoms with Gasteiger partial charge in [0.2, 0.25) is 0 Å². The third-order valence-electron chi connectivity index (χ3n) is 2.80. The molecular weight excluding hydrogens is 231 g/mol. The third-order valence-corrected chi connectivity index (χ3v) is 3.39. The molecule has 1 aliphatic heterocycles. The zero-order valence-electron chi connectivity index (χ0n) is 8.67. The van der Waals surface area contributed by atoms with Gasteiger partial charge in [0, 0.05) is 10.0 Å². The fourth-order valence-electron chi connectivity index (χ4n) is 1.81. The highest BCUT2D eigenvalue weighted by Gasteiger charge is 2.36. The van der Waals surface area contributed by atoms with Gasteiger partial charge < -0.3 is 4.74 Å². The first-order valence-electron chi connectivity index (χ1n) is 5.30. The molecule has 2 atom stereocenters. The molecule has 2 unspecified atom stereocenters. The number of rotatable bonds is 4. The van der Waals surface area contributed by atoms with Crippen LogP contribution >= 0.6 is 23.2 Å². The Kier molecular flexibility index (Phi) is 3.55. The predicted molar refractivity (Wildman–Crippen MR) is 63.7 cm³/mol. The van der Waals surface area contributed by atoms with Crippen LogP contribution in [0.1, 0.15) is 25.3 Å². The molecule has 0 N–H and O–H groups in total. The van der Waals surface area contributed by atoms with Crippen molar-refractivity contribution in [1.82, 2.24) is 0 Å². The molecule has 0 spiro atoms. The van der Waals surface area contributed by atoms with Gasteiger partial charge in [0.25, 0.3) is 0 Å². The first kappa shape index (κ1) is 11.3. The molecule has 0 aromatic heterocycles. The SMILES string of the molecule is CCC1OC1CCc1ccc(Cl)cc1Cl. The molecule has 1 nitrogen and oxygen atoms in total. The van der Waals surface area contributed by atoms with Gasteiger partial charge in [0.05, 0.1) is 12.2 Å². The third kappa shape index (κ3) is 2.87. The first-order valence-corrected chi connectivity index (χ1v) is 6.05. The van der Waals surface area contributed by atoms with E-state index in [1.807, 2.05) is 12.1 Å². The summed E-state index contributed by atoms with van der Waals surface area (Å²) in [5, 5.41) is 1.45. The minimum absolute atomic E-state index is 0.446. The zero-order chi connectivity index (χ0) is 10.8. The van der Waals surface area contributed by atoms with Gasteiger partial charge in [-0.25, -0.2) is 0 Å². The largest absolute Gasteiger partial charge is 0.370 e. The number of hydrogen-bond acceptors (Lipinski definition) is 1. The molecule has 0 aliphatic carbocycles. The second-order valence-electron chi connectivity index (χ2n) is 3.90. The summed E-state index contributed by atoms with van der Waals surface area (Å²) >= 11 is 11.9. The number of hydrogen-bond donors (Lipinski definition) is 0. The Bertz CT molecular complexity index is 351. The topological polar surface area (TPSA) is 12.5 Å². The van der Waals surface area contributed by atoms with Gasteiger partial charge in [0.1, 0.15) is 0 Å². The average Bonchev–Trinajstić information content (AvgIpc) is 2.95. The van der Waals surface area contributed by atoms with Crippen LogP contribution in [0.3, 0.4) is 0 Å². The van der Waals surface area contributed by atoms with E-state index in [1.54, 1.807) is 6.07 Å². The maximum atomic E-state index is 6.08. The minimum Gasteiger partial charge on any atom is -0.370 e. The van der Waals surface area contributed by atoms with Crippen LogP contribution < -0.4 is 0 Å². The predicted octanol–water partition coefficient (Wildman–Crippen LogP) is 4.10. The van der Waals surface area contributed by atoms with Crippen LogP contribution in [0, 0.1) is 0 Å². The standard InChI is InChI=1S/C12H14Cl2O/c1-2-11-12(15-11)6-4-8-3-5-9(13)7-10(8)14/h3,5,7,11-12H,2,4,6H2,1H3. The molecule has 1 aromatic carbocycles. The highest BCUT2D eigenvalue weighted by Crippen LogP contribution is 2.30. The molecule has 0 amide bonds. The normalized spacial score (nSPS) is 24.2. The van der Waals surface area contributed by atoms with E-state index in [0.717, 1.165) is 29.8 Å². The fourth-order valence-corrected chi connectivity index (χ4v) is 2.32. The Hall–Kier alpha value is -0.240. The lowest BCUT2D eigenvalue weighted by Crippen LogP contribution is -1.96. The second-order valence-corrected chi connectivity index (χ2v) is 4.74. The summed E-state index contributed by atoms with van der Waals surface area (Å²) in [4.78, 5) is 0. The van der Waals surface area contributed by atoms with Crippen molar-refractivity contribution in [2.75, 3.05) is 0 Å². The van der Waals surface area contributed by atoms with Crippen molar-refractivity contribution in [3.63, 3.8) is 0 Å². The van der Waals surface area contributed by atoms with Gasteiger partial charge in [-0.05, 0) is 37.0 Å². The van der Waals surface area contributed by atoms with E-state index in [9.17, 15) is 0 Å². The smallest absolute Gasteiger partial charge is 0.0845 e. The summed E-state index contributed by atoms with van der Waals surface area (Å²) in [7, 11) is 0. The van der Waals surface area contributed by atoms with Crippen LogP contribution in [-0.2, 0) is 11.2 Å². The zero-order valence-corrected chi connectivity index (χ0v) is 10.2. The van der Waals surface area contributed by atoms with Gasteiger partial charge in [0.15, 0.2) is 0 Å². The number of halogens is 2. The quantitative estimate of drug-likeness (QED) is 0.727. The molecule has 1 heterocycles. The van der Waals surface area contributed by atoms with E-state index in [4.69, 9.17) is 27.9 Å². The van der Waals surface area contributed by atoms with Gasteiger partial charge in [-0.2, -0.15) is 0 Å². The molecule has 2 rings (SSSR count). The van der Waals surface area contributed by atoms with Crippen molar-refractivity contribution < 1.29 is 4.74 Å². The molecular formula is C12H14Cl2O. The highest BCUT2D eigenvalue weighted by molar-refractivity contribution is 6.35. The Morgan fingerprint density at radius 3 is 2.67 bits per heavy atom. The highest BCUT2D eigenvalue weighted by atomic mass is 35.5. The molecule has 1 aromatic rings. The summed E-state index contributed by atoms with van der Waals surface area (Å²) in [6, 6.07) is 5.67. The van der Waals surface area contributed by atoms with Crippen LogP contribution in [0.2, 0.25) is 10.0 Å². The van der Waals surface area contributed by atoms with Crippen LogP contribution in [0.15, 0.2) is 18.2 Å². The Morgan fingerprint density at radius 2 is 2.07 bits per heavy atom. The van der Waals surface area contributed by atoms with Crippen molar-refractivity contribution in [2.45, 2.75) is 38.4 Å². The Morgan fingerprint density at radius 1 is 1.27 bits per heavy atom. The van der Waals surface area contributed by atoms with Gasteiger partial charge in [-0.3, -0.25) is 0 Å². The summed E-state index contributed by atoms with van der Waals surface area (Å²) in [6.07, 6.45) is 4.06. The lowest BCUT2D eigenvalue weighted by Gasteiger charge is -2.02. The molecule has 3 heteroatoms. The monoisotopic (exact) mass is 244 g/mol. The maximum Gasteiger partial charge on any atom is 0.0845 e. The van der Waals surface area contributed by atoms with Crippen molar-refractivity contribution in [2.24, 2.45) is 0 Å². The van der Waals surface area contributed by atoms with Gasteiger partial charge in [-0.15, -0.1) is 0 Å². The van der Waals surface area contributed by atoms with Crippen LogP contribution in [-0.4, -0.2) is 12.2 Å². The maximum absolute atomic E-state index is 6.08. The van der Waals surface area contributed by atoms with E-state index in [2.05, 4.69) is 6.92 Å². The first-order chi connectivity index (χ1) is 7.20. The van der Waals surface area contributed by atoms with Crippen molar-refractivity contribution in [3.05, 3.63) is 33.8 Å². The summed E-state index contributed by atoms with van der Waals surface area (Å²) in [5.74, 6) is 0. The van der Waals surface area contributed by atoms with Gasteiger partial charge >= 0.3 is 0 Å². The van der Waals surface area contributed by atoms with Crippen molar-refractivity contribution >= 4 is 23.2 Å². The fraction of sp³-hybridized carbons (Fsp3) is 0.500. The van der Waals surface area contributed by atoms with E-state index < -0.39 is 0 Å². The van der Waals surface area contributed by atoms with E-state index in [1.165, 1.54) is 0 Å². The van der Waals surface area contributed by atoms with Crippen LogP contribution in [0.4, 0.5) is 0 Å². The number of benzene rings is 1. The number of aryl methyl sites for hydroxylation is 1. The van der Waals surface area contributed by atoms with Crippen molar-refractivity contribution in [1.29, 1.82) is 0 Å². The summed E-state index contributed by atoms with van der Waals surface area (Å²) in [5.41, 5.74) is 1.16. The number of ether oxygens (including phenoxy) is 1. The summed E-state index contributed by atoms with van der Waals surface area (Å²) in [6.45, 7) is 2.15. The van der Waals surface area contributed by atoms with E-state index in [0.29, 0.717) is 17.2 Å². The molecule has 0 saturated carbocycles. The molecule has 1 saturated heterocycles. The molecule has 0 bridgehead atoms. The van der Waals surface area contributed by atoms with Crippen molar-refractivity contribution in [3.8, 4) is 0 Å². The van der Waals surface area contributed by atoms with E-state index in [-0.39, 0.29) is 0 Å². The molecule has 0 radical (unpaired) electrons. The van der Waals surface area contributed by atoms with Gasteiger partial charge in [-0.1, -0.05) is 36.2 Å². The second kappa shape index (κ2) is 4.73. The summed E-state index contributed by atoms with van der Waals surface area (Å²) < 4.78 is 5.48. The lowest BCUT2D eigenvalue weighted by atomic mass is 10.1. The Balaban J connectivity index is 1.88. The van der Waals surface area contributed by atoms with E-state index >= 15 is 0 Å². The van der Waals surface area contributed by atoms with Crippen LogP contribution in [0.5, 0.6) is 0 Å². The molecule has 15 heavy (non-hydrogen) atoms. The molecule has 1 fully saturated rings. The molecule has 1 aliphatic rings. The molecule has 82 valence electrons. The van der Waals surface area contributed by atoms with Crippen LogP contribution in [0.25, 0.3) is 0 Å². The lowest BCUT2D eigenvalue weighted by molar-refractivity contribution is 0.360. The Labute approximate surface area is 100 Å².